The Morgan fingerprint density at radius 3 is 2.05 bits per heavy atom. The van der Waals surface area contributed by atoms with Crippen molar-refractivity contribution in [1.82, 2.24) is 4.57 Å². The van der Waals surface area contributed by atoms with Crippen molar-refractivity contribution < 1.29 is 0 Å². The van der Waals surface area contributed by atoms with E-state index in [1.54, 1.807) is 0 Å². The lowest BCUT2D eigenvalue weighted by Gasteiger charge is -2.32. The molecule has 2 unspecified atom stereocenters. The monoisotopic (exact) mass is 518 g/mol. The van der Waals surface area contributed by atoms with E-state index in [0.29, 0.717) is 11.8 Å². The molecule has 4 aromatic carbocycles. The number of allylic oxidation sites excluding steroid dienone is 5. The summed E-state index contributed by atoms with van der Waals surface area (Å²) in [5.41, 5.74) is 11.4. The van der Waals surface area contributed by atoms with Gasteiger partial charge in [0.25, 0.3) is 0 Å². The van der Waals surface area contributed by atoms with Crippen LogP contribution in [0.5, 0.6) is 0 Å². The van der Waals surface area contributed by atoms with E-state index in [-0.39, 0.29) is 0 Å². The van der Waals surface area contributed by atoms with Crippen LogP contribution in [0.3, 0.4) is 0 Å². The van der Waals surface area contributed by atoms with Gasteiger partial charge in [-0.1, -0.05) is 92.7 Å². The Bertz CT molecular complexity index is 1750. The average molecular weight is 519 g/mol. The van der Waals surface area contributed by atoms with E-state index in [4.69, 9.17) is 0 Å². The third-order valence-electron chi connectivity index (χ3n) is 8.46. The summed E-state index contributed by atoms with van der Waals surface area (Å²) >= 11 is 0. The van der Waals surface area contributed by atoms with Crippen molar-refractivity contribution >= 4 is 28.4 Å². The molecule has 0 saturated heterocycles. The van der Waals surface area contributed by atoms with E-state index in [1.807, 2.05) is 0 Å². The maximum Gasteiger partial charge on any atom is 0.0537 e. The molecule has 7 rings (SSSR count). The van der Waals surface area contributed by atoms with Crippen LogP contribution in [0.25, 0.3) is 33.8 Å². The van der Waals surface area contributed by atoms with E-state index >= 15 is 0 Å². The second kappa shape index (κ2) is 10.2. The van der Waals surface area contributed by atoms with Crippen molar-refractivity contribution in [2.75, 3.05) is 4.90 Å². The number of hydrogen-bond acceptors (Lipinski definition) is 1. The number of rotatable bonds is 5. The summed E-state index contributed by atoms with van der Waals surface area (Å²) in [5, 5.41) is 1.37. The molecule has 0 spiro atoms. The molecule has 2 aliphatic rings. The maximum atomic E-state index is 2.43. The van der Waals surface area contributed by atoms with Gasteiger partial charge < -0.3 is 9.47 Å². The van der Waals surface area contributed by atoms with Gasteiger partial charge in [-0.05, 0) is 90.1 Å². The van der Waals surface area contributed by atoms with Gasteiger partial charge in [0.2, 0.25) is 0 Å². The molecule has 0 bridgehead atoms. The number of para-hydroxylation sites is 2. The number of nitrogens with zero attached hydrogens (tertiary/aromatic N) is 2. The van der Waals surface area contributed by atoms with Gasteiger partial charge in [-0.2, -0.15) is 0 Å². The Morgan fingerprint density at radius 1 is 0.650 bits per heavy atom. The van der Waals surface area contributed by atoms with E-state index < -0.39 is 0 Å². The Kier molecular flexibility index (Phi) is 6.24. The molecule has 40 heavy (non-hydrogen) atoms. The smallest absolute Gasteiger partial charge is 0.0537 e. The van der Waals surface area contributed by atoms with Crippen LogP contribution in [0.15, 0.2) is 133 Å². The molecule has 2 atom stereocenters. The second-order valence-corrected chi connectivity index (χ2v) is 11.1. The Labute approximate surface area is 237 Å². The van der Waals surface area contributed by atoms with E-state index in [0.717, 1.165) is 12.8 Å². The molecule has 2 aliphatic carbocycles. The molecular weight excluding hydrogens is 484 g/mol. The van der Waals surface area contributed by atoms with Crippen LogP contribution in [-0.2, 0) is 0 Å². The molecule has 0 amide bonds. The standard InChI is InChI=1S/C38H34N2/c1-27-11-6-8-16-35(27)39(31-13-4-3-5-14-31)32-23-19-29(20-24-32)30-21-25-33(26-22-30)40-36-17-9-7-15-34(36)38-28(2)12-10-18-37(38)40/h3-10,13-28H,11-12H2,1-2H3. The zero-order valence-electron chi connectivity index (χ0n) is 23.2. The summed E-state index contributed by atoms with van der Waals surface area (Å²) in [6.45, 7) is 4.65. The van der Waals surface area contributed by atoms with Gasteiger partial charge in [0.05, 0.1) is 5.52 Å². The molecule has 196 valence electrons. The summed E-state index contributed by atoms with van der Waals surface area (Å²) in [6, 6.07) is 37.6. The third-order valence-corrected chi connectivity index (χ3v) is 8.46. The molecule has 0 fully saturated rings. The first-order valence-corrected chi connectivity index (χ1v) is 14.4. The molecule has 0 N–H and O–H groups in total. The average Bonchev–Trinajstić information content (AvgIpc) is 3.35. The second-order valence-electron chi connectivity index (χ2n) is 11.1. The lowest BCUT2D eigenvalue weighted by molar-refractivity contribution is 0.670. The molecule has 2 nitrogen and oxygen atoms in total. The summed E-state index contributed by atoms with van der Waals surface area (Å²) in [7, 11) is 0. The Hall–Kier alpha value is -4.56. The Balaban J connectivity index is 1.23. The SMILES string of the molecule is CC1CC=CC=C1N(c1ccccc1)c1ccc(-c2ccc(-n3c4c(c5ccccc53)C(C)CC=C4)cc2)cc1. The topological polar surface area (TPSA) is 8.17 Å². The molecule has 2 heteroatoms. The van der Waals surface area contributed by atoms with Crippen molar-refractivity contribution in [2.45, 2.75) is 32.6 Å². The zero-order chi connectivity index (χ0) is 27.1. The summed E-state index contributed by atoms with van der Waals surface area (Å²) in [6.07, 6.45) is 13.5. The highest BCUT2D eigenvalue weighted by atomic mass is 15.2. The highest BCUT2D eigenvalue weighted by molar-refractivity contribution is 5.91. The zero-order valence-corrected chi connectivity index (χ0v) is 23.2. The number of fused-ring (bicyclic) bond motifs is 3. The van der Waals surface area contributed by atoms with Crippen molar-refractivity contribution in [3.63, 3.8) is 0 Å². The van der Waals surface area contributed by atoms with Gasteiger partial charge in [-0.25, -0.2) is 0 Å². The normalized spacial score (nSPS) is 18.0. The van der Waals surface area contributed by atoms with Gasteiger partial charge in [-0.3, -0.25) is 0 Å². The number of benzene rings is 4. The first-order valence-electron chi connectivity index (χ1n) is 14.4. The largest absolute Gasteiger partial charge is 0.314 e. The molecule has 5 aromatic rings. The fraction of sp³-hybridized carbons (Fsp3) is 0.158. The molecule has 0 saturated carbocycles. The lowest BCUT2D eigenvalue weighted by Crippen LogP contribution is -2.22. The van der Waals surface area contributed by atoms with Gasteiger partial charge >= 0.3 is 0 Å². The summed E-state index contributed by atoms with van der Waals surface area (Å²) in [5.74, 6) is 0.994. The third kappa shape index (κ3) is 4.21. The number of anilines is 2. The van der Waals surface area contributed by atoms with Crippen LogP contribution >= 0.6 is 0 Å². The molecular formula is C38H34N2. The van der Waals surface area contributed by atoms with Crippen LogP contribution in [0.4, 0.5) is 11.4 Å². The van der Waals surface area contributed by atoms with Crippen LogP contribution < -0.4 is 4.90 Å². The van der Waals surface area contributed by atoms with Gasteiger partial charge in [0.15, 0.2) is 0 Å². The van der Waals surface area contributed by atoms with E-state index in [2.05, 4.69) is 157 Å². The fourth-order valence-electron chi connectivity index (χ4n) is 6.41. The van der Waals surface area contributed by atoms with Crippen molar-refractivity contribution in [3.05, 3.63) is 144 Å². The molecule has 1 aromatic heterocycles. The molecule has 0 aliphatic heterocycles. The lowest BCUT2D eigenvalue weighted by atomic mass is 9.91. The van der Waals surface area contributed by atoms with Crippen molar-refractivity contribution in [3.8, 4) is 16.8 Å². The fourth-order valence-corrected chi connectivity index (χ4v) is 6.41. The Morgan fingerprint density at radius 2 is 1.30 bits per heavy atom. The van der Waals surface area contributed by atoms with Crippen LogP contribution in [0.2, 0.25) is 0 Å². The minimum Gasteiger partial charge on any atom is -0.314 e. The predicted molar refractivity (Wildman–Crippen MR) is 170 cm³/mol. The molecule has 0 radical (unpaired) electrons. The first-order chi connectivity index (χ1) is 19.7. The van der Waals surface area contributed by atoms with Gasteiger partial charge in [0.1, 0.15) is 0 Å². The highest BCUT2D eigenvalue weighted by Gasteiger charge is 2.23. The van der Waals surface area contributed by atoms with Crippen LogP contribution in [-0.4, -0.2) is 4.57 Å². The number of aromatic nitrogens is 1. The van der Waals surface area contributed by atoms with Crippen molar-refractivity contribution in [1.29, 1.82) is 0 Å². The quantitative estimate of drug-likeness (QED) is 0.225. The predicted octanol–water partition coefficient (Wildman–Crippen LogP) is 10.4. The maximum absolute atomic E-state index is 2.43. The van der Waals surface area contributed by atoms with Gasteiger partial charge in [-0.15, -0.1) is 0 Å². The van der Waals surface area contributed by atoms with Crippen LogP contribution in [0.1, 0.15) is 43.9 Å². The molecule has 1 heterocycles. The minimum absolute atomic E-state index is 0.464. The van der Waals surface area contributed by atoms with E-state index in [9.17, 15) is 0 Å². The van der Waals surface area contributed by atoms with Gasteiger partial charge in [0, 0.05) is 39.8 Å². The first kappa shape index (κ1) is 24.5. The minimum atomic E-state index is 0.464. The number of hydrogen-bond donors (Lipinski definition) is 0. The van der Waals surface area contributed by atoms with Crippen molar-refractivity contribution in [2.24, 2.45) is 5.92 Å². The van der Waals surface area contributed by atoms with E-state index in [1.165, 1.54) is 56.0 Å². The highest BCUT2D eigenvalue weighted by Crippen LogP contribution is 2.40. The summed E-state index contributed by atoms with van der Waals surface area (Å²) < 4.78 is 2.43. The summed E-state index contributed by atoms with van der Waals surface area (Å²) in [4.78, 5) is 2.40. The van der Waals surface area contributed by atoms with Crippen LogP contribution in [0, 0.1) is 5.92 Å².